The Labute approximate surface area is 152 Å². The second kappa shape index (κ2) is 6.30. The summed E-state index contributed by atoms with van der Waals surface area (Å²) in [5, 5.41) is 5.89. The van der Waals surface area contributed by atoms with Gasteiger partial charge in [0.05, 0.1) is 5.56 Å². The minimum atomic E-state index is -0.900. The van der Waals surface area contributed by atoms with Gasteiger partial charge >= 0.3 is 0 Å². The van der Waals surface area contributed by atoms with Gasteiger partial charge in [-0.2, -0.15) is 0 Å². The number of hydrogen-bond acceptors (Lipinski definition) is 4. The Hall–Kier alpha value is -2.57. The number of rotatable bonds is 3. The number of benzene rings is 1. The van der Waals surface area contributed by atoms with E-state index in [1.807, 2.05) is 6.07 Å². The largest absolute Gasteiger partial charge is 0.467 e. The maximum absolute atomic E-state index is 12.6. The van der Waals surface area contributed by atoms with Crippen LogP contribution in [0.2, 0.25) is 0 Å². The standard InChI is InChI=1S/C19H23N3O4/c1-12(17(24)20-13-6-7-13)22-11-10-19(9-8-16(22)23)21-18(25)14-4-2-3-5-15(14)26-19/h2-5,12-13H,6-11H2,1H3,(H,20,24)(H,21,25). The van der Waals surface area contributed by atoms with E-state index in [0.717, 1.165) is 12.8 Å². The molecule has 1 saturated carbocycles. The minimum absolute atomic E-state index is 0.0861. The van der Waals surface area contributed by atoms with E-state index in [-0.39, 0.29) is 30.2 Å². The molecule has 2 N–H and O–H groups in total. The third-order valence-corrected chi connectivity index (χ3v) is 5.37. The van der Waals surface area contributed by atoms with Gasteiger partial charge in [-0.1, -0.05) is 12.1 Å². The third kappa shape index (κ3) is 3.13. The van der Waals surface area contributed by atoms with Crippen LogP contribution in [0.5, 0.6) is 5.75 Å². The number of fused-ring (bicyclic) bond motifs is 1. The van der Waals surface area contributed by atoms with Gasteiger partial charge in [0.1, 0.15) is 11.8 Å². The lowest BCUT2D eigenvalue weighted by Gasteiger charge is -2.38. The zero-order valence-corrected chi connectivity index (χ0v) is 14.8. The zero-order chi connectivity index (χ0) is 18.3. The van der Waals surface area contributed by atoms with Crippen LogP contribution >= 0.6 is 0 Å². The van der Waals surface area contributed by atoms with Gasteiger partial charge in [0.25, 0.3) is 5.91 Å². The van der Waals surface area contributed by atoms with Gasteiger partial charge in [0, 0.05) is 31.8 Å². The molecule has 3 amide bonds. The first-order valence-electron chi connectivity index (χ1n) is 9.18. The van der Waals surface area contributed by atoms with E-state index in [1.54, 1.807) is 30.0 Å². The number of para-hydroxylation sites is 1. The fourth-order valence-corrected chi connectivity index (χ4v) is 3.58. The van der Waals surface area contributed by atoms with Crippen LogP contribution in [-0.2, 0) is 9.59 Å². The molecule has 26 heavy (non-hydrogen) atoms. The first-order valence-corrected chi connectivity index (χ1v) is 9.18. The summed E-state index contributed by atoms with van der Waals surface area (Å²) in [6, 6.07) is 6.84. The van der Waals surface area contributed by atoms with E-state index in [9.17, 15) is 14.4 Å². The molecule has 138 valence electrons. The number of likely N-dealkylation sites (tertiary alicyclic amines) is 1. The normalized spacial score (nSPS) is 26.4. The van der Waals surface area contributed by atoms with Crippen molar-refractivity contribution in [1.29, 1.82) is 0 Å². The molecule has 2 unspecified atom stereocenters. The lowest BCUT2D eigenvalue weighted by atomic mass is 10.0. The molecule has 0 bridgehead atoms. The molecule has 4 rings (SSSR count). The van der Waals surface area contributed by atoms with Crippen molar-refractivity contribution in [1.82, 2.24) is 15.5 Å². The first-order chi connectivity index (χ1) is 12.5. The molecule has 7 nitrogen and oxygen atoms in total. The highest BCUT2D eigenvalue weighted by Crippen LogP contribution is 2.34. The summed E-state index contributed by atoms with van der Waals surface area (Å²) in [5.74, 6) is 0.150. The van der Waals surface area contributed by atoms with Gasteiger partial charge in [0.15, 0.2) is 5.72 Å². The summed E-state index contributed by atoms with van der Waals surface area (Å²) in [6.45, 7) is 2.11. The Morgan fingerprint density at radius 1 is 1.31 bits per heavy atom. The summed E-state index contributed by atoms with van der Waals surface area (Å²) in [4.78, 5) is 39.0. The van der Waals surface area contributed by atoms with E-state index >= 15 is 0 Å². The molecule has 2 atom stereocenters. The van der Waals surface area contributed by atoms with E-state index in [4.69, 9.17) is 4.74 Å². The minimum Gasteiger partial charge on any atom is -0.467 e. The molecule has 1 aromatic rings. The van der Waals surface area contributed by atoms with Crippen molar-refractivity contribution >= 4 is 17.7 Å². The summed E-state index contributed by atoms with van der Waals surface area (Å²) in [6.07, 6.45) is 3.08. The molecule has 7 heteroatoms. The van der Waals surface area contributed by atoms with Crippen molar-refractivity contribution in [3.63, 3.8) is 0 Å². The highest BCUT2D eigenvalue weighted by molar-refractivity contribution is 5.98. The predicted molar refractivity (Wildman–Crippen MR) is 93.5 cm³/mol. The molecular formula is C19H23N3O4. The maximum Gasteiger partial charge on any atom is 0.258 e. The van der Waals surface area contributed by atoms with Gasteiger partial charge < -0.3 is 20.3 Å². The van der Waals surface area contributed by atoms with Crippen molar-refractivity contribution < 1.29 is 19.1 Å². The molecule has 2 heterocycles. The molecule has 0 radical (unpaired) electrons. The number of nitrogens with zero attached hydrogens (tertiary/aromatic N) is 1. The van der Waals surface area contributed by atoms with Crippen molar-refractivity contribution in [2.45, 2.75) is 56.8 Å². The quantitative estimate of drug-likeness (QED) is 0.850. The van der Waals surface area contributed by atoms with Crippen LogP contribution in [0.3, 0.4) is 0 Å². The van der Waals surface area contributed by atoms with Gasteiger partial charge in [-0.15, -0.1) is 0 Å². The zero-order valence-electron chi connectivity index (χ0n) is 14.8. The average Bonchev–Trinajstić information content (AvgIpc) is 3.44. The number of carbonyl (C=O) groups excluding carboxylic acids is 3. The fourth-order valence-electron chi connectivity index (χ4n) is 3.58. The van der Waals surface area contributed by atoms with Gasteiger partial charge in [-0.25, -0.2) is 0 Å². The predicted octanol–water partition coefficient (Wildman–Crippen LogP) is 1.18. The van der Waals surface area contributed by atoms with E-state index in [0.29, 0.717) is 30.7 Å². The highest BCUT2D eigenvalue weighted by atomic mass is 16.5. The van der Waals surface area contributed by atoms with Gasteiger partial charge in [0.2, 0.25) is 11.8 Å². The topological polar surface area (TPSA) is 87.7 Å². The Kier molecular flexibility index (Phi) is 4.09. The lowest BCUT2D eigenvalue weighted by Crippen LogP contribution is -2.56. The molecule has 2 aliphatic heterocycles. The van der Waals surface area contributed by atoms with Crippen LogP contribution in [0, 0.1) is 0 Å². The molecule has 2 fully saturated rings. The van der Waals surface area contributed by atoms with Crippen molar-refractivity contribution in [2.24, 2.45) is 0 Å². The van der Waals surface area contributed by atoms with Crippen LogP contribution in [0.15, 0.2) is 24.3 Å². The summed E-state index contributed by atoms with van der Waals surface area (Å²) in [5.41, 5.74) is -0.398. The Balaban J connectivity index is 1.49. The van der Waals surface area contributed by atoms with Crippen LogP contribution in [-0.4, -0.2) is 47.0 Å². The number of amides is 3. The molecule has 1 spiro atoms. The highest BCUT2D eigenvalue weighted by Gasteiger charge is 2.44. The van der Waals surface area contributed by atoms with Crippen LogP contribution in [0.4, 0.5) is 0 Å². The summed E-state index contributed by atoms with van der Waals surface area (Å²) in [7, 11) is 0. The average molecular weight is 357 g/mol. The molecule has 3 aliphatic rings. The third-order valence-electron chi connectivity index (χ3n) is 5.37. The Morgan fingerprint density at radius 3 is 2.85 bits per heavy atom. The number of nitrogens with one attached hydrogen (secondary N) is 2. The molecule has 1 aromatic carbocycles. The number of hydrogen-bond donors (Lipinski definition) is 2. The van der Waals surface area contributed by atoms with Gasteiger partial charge in [-0.05, 0) is 31.9 Å². The second-order valence-electron chi connectivity index (χ2n) is 7.34. The second-order valence-corrected chi connectivity index (χ2v) is 7.34. The van der Waals surface area contributed by atoms with E-state index in [1.165, 1.54) is 0 Å². The molecule has 1 saturated heterocycles. The fraction of sp³-hybridized carbons (Fsp3) is 0.526. The number of ether oxygens (including phenoxy) is 1. The first kappa shape index (κ1) is 16.9. The van der Waals surface area contributed by atoms with E-state index in [2.05, 4.69) is 10.6 Å². The Morgan fingerprint density at radius 2 is 2.08 bits per heavy atom. The van der Waals surface area contributed by atoms with Crippen LogP contribution in [0.25, 0.3) is 0 Å². The van der Waals surface area contributed by atoms with Crippen molar-refractivity contribution in [3.05, 3.63) is 29.8 Å². The van der Waals surface area contributed by atoms with Crippen molar-refractivity contribution in [2.75, 3.05) is 6.54 Å². The molecule has 1 aliphatic carbocycles. The number of carbonyl (C=O) groups is 3. The van der Waals surface area contributed by atoms with E-state index < -0.39 is 11.8 Å². The monoisotopic (exact) mass is 357 g/mol. The van der Waals surface area contributed by atoms with Crippen LogP contribution < -0.4 is 15.4 Å². The van der Waals surface area contributed by atoms with Crippen molar-refractivity contribution in [3.8, 4) is 5.75 Å². The molecule has 0 aromatic heterocycles. The summed E-state index contributed by atoms with van der Waals surface area (Å²) >= 11 is 0. The lowest BCUT2D eigenvalue weighted by molar-refractivity contribution is -0.139. The van der Waals surface area contributed by atoms with Crippen LogP contribution in [0.1, 0.15) is 49.4 Å². The maximum atomic E-state index is 12.6. The summed E-state index contributed by atoms with van der Waals surface area (Å²) < 4.78 is 6.11. The Bertz CT molecular complexity index is 761. The van der Waals surface area contributed by atoms with Gasteiger partial charge in [-0.3, -0.25) is 14.4 Å². The smallest absolute Gasteiger partial charge is 0.258 e. The molecular weight excluding hydrogens is 334 g/mol. The SMILES string of the molecule is CC(C(=O)NC1CC1)N1CCC2(CCC1=O)NC(=O)c1ccccc1O2.